The lowest BCUT2D eigenvalue weighted by Crippen LogP contribution is -2.29. The van der Waals surface area contributed by atoms with Crippen LogP contribution in [0.4, 0.5) is 10.2 Å². The molecule has 1 unspecified atom stereocenters. The average molecular weight is 354 g/mol. The van der Waals surface area contributed by atoms with Crippen LogP contribution in [0, 0.1) is 0 Å². The van der Waals surface area contributed by atoms with Gasteiger partial charge in [0, 0.05) is 31.9 Å². The van der Waals surface area contributed by atoms with Crippen molar-refractivity contribution in [3.63, 3.8) is 0 Å². The van der Waals surface area contributed by atoms with Crippen LogP contribution in [0.25, 0.3) is 17.0 Å². The Balaban J connectivity index is 1.65. The van der Waals surface area contributed by atoms with Gasteiger partial charge >= 0.3 is 0 Å². The third kappa shape index (κ3) is 2.99. The van der Waals surface area contributed by atoms with E-state index in [4.69, 9.17) is 0 Å². The number of rotatable bonds is 4. The first kappa shape index (κ1) is 16.5. The first-order chi connectivity index (χ1) is 12.7. The summed E-state index contributed by atoms with van der Waals surface area (Å²) in [5.41, 5.74) is 2.72. The monoisotopic (exact) mass is 354 g/mol. The molecule has 3 N–H and O–H groups in total. The summed E-state index contributed by atoms with van der Waals surface area (Å²) in [6.07, 6.45) is 2.58. The minimum atomic E-state index is -0.931. The molecule has 0 aromatic carbocycles. The number of imidazole rings is 1. The lowest BCUT2D eigenvalue weighted by molar-refractivity contribution is 0.0963. The molecule has 0 aliphatic carbocycles. The Kier molecular flexibility index (Phi) is 4.26. The summed E-state index contributed by atoms with van der Waals surface area (Å²) in [5.74, 6) is 0.461. The standard InChI is InChI=1S/C18H19FN6O/c1-20-18(26)11-5-6-25-15(10-22-17(25)7-11)13-3-2-4-16(23-13)24-14-9-21-8-12(14)19/h2-7,10,12,14,21H,8-9H2,1H3,(H,20,26)(H,23,24)/t12?,14-/m0/s1. The highest BCUT2D eigenvalue weighted by Gasteiger charge is 2.26. The Morgan fingerprint density at radius 2 is 2.23 bits per heavy atom. The van der Waals surface area contributed by atoms with Crippen molar-refractivity contribution in [2.24, 2.45) is 0 Å². The van der Waals surface area contributed by atoms with Crippen LogP contribution < -0.4 is 16.0 Å². The molecule has 3 aromatic heterocycles. The molecule has 0 saturated carbocycles. The molecule has 2 atom stereocenters. The summed E-state index contributed by atoms with van der Waals surface area (Å²) in [7, 11) is 1.59. The van der Waals surface area contributed by atoms with Crippen molar-refractivity contribution in [1.82, 2.24) is 25.0 Å². The van der Waals surface area contributed by atoms with Gasteiger partial charge in [0.1, 0.15) is 17.6 Å². The maximum absolute atomic E-state index is 13.8. The summed E-state index contributed by atoms with van der Waals surface area (Å²) >= 11 is 0. The highest BCUT2D eigenvalue weighted by atomic mass is 19.1. The Hall–Kier alpha value is -3.00. The van der Waals surface area contributed by atoms with Crippen molar-refractivity contribution in [3.05, 3.63) is 48.3 Å². The zero-order valence-electron chi connectivity index (χ0n) is 14.2. The van der Waals surface area contributed by atoms with Gasteiger partial charge in [-0.15, -0.1) is 0 Å². The maximum Gasteiger partial charge on any atom is 0.251 e. The van der Waals surface area contributed by atoms with Crippen molar-refractivity contribution in [1.29, 1.82) is 0 Å². The van der Waals surface area contributed by atoms with E-state index in [1.54, 1.807) is 31.6 Å². The normalized spacial score (nSPS) is 19.6. The molecule has 3 aromatic rings. The van der Waals surface area contributed by atoms with Crippen LogP contribution in [-0.2, 0) is 0 Å². The molecule has 4 heterocycles. The van der Waals surface area contributed by atoms with Crippen molar-refractivity contribution in [2.45, 2.75) is 12.2 Å². The van der Waals surface area contributed by atoms with Crippen molar-refractivity contribution in [3.8, 4) is 11.4 Å². The first-order valence-electron chi connectivity index (χ1n) is 8.43. The van der Waals surface area contributed by atoms with Crippen LogP contribution in [0.5, 0.6) is 0 Å². The van der Waals surface area contributed by atoms with E-state index >= 15 is 0 Å². The second-order valence-electron chi connectivity index (χ2n) is 6.20. The molecular weight excluding hydrogens is 335 g/mol. The Bertz CT molecular complexity index is 956. The fraction of sp³-hybridized carbons (Fsp3) is 0.278. The van der Waals surface area contributed by atoms with Gasteiger partial charge in [-0.05, 0) is 24.3 Å². The molecule has 26 heavy (non-hydrogen) atoms. The van der Waals surface area contributed by atoms with Gasteiger partial charge in [-0.2, -0.15) is 0 Å². The number of nitrogens with one attached hydrogen (secondary N) is 3. The van der Waals surface area contributed by atoms with Gasteiger partial charge in [-0.25, -0.2) is 14.4 Å². The molecule has 8 heteroatoms. The van der Waals surface area contributed by atoms with Gasteiger partial charge in [0.05, 0.1) is 23.6 Å². The number of aromatic nitrogens is 3. The van der Waals surface area contributed by atoms with Gasteiger partial charge in [0.2, 0.25) is 0 Å². The van der Waals surface area contributed by atoms with Gasteiger partial charge in [-0.1, -0.05) is 6.07 Å². The van der Waals surface area contributed by atoms with Crippen molar-refractivity contribution >= 4 is 17.4 Å². The summed E-state index contributed by atoms with van der Waals surface area (Å²) in [6, 6.07) is 8.75. The number of halogens is 1. The van der Waals surface area contributed by atoms with Gasteiger partial charge in [0.25, 0.3) is 5.91 Å². The number of hydrogen-bond donors (Lipinski definition) is 3. The predicted molar refractivity (Wildman–Crippen MR) is 97.0 cm³/mol. The average Bonchev–Trinajstić information content (AvgIpc) is 3.27. The summed E-state index contributed by atoms with van der Waals surface area (Å²) in [5, 5.41) is 8.75. The molecule has 4 rings (SSSR count). The first-order valence-corrected chi connectivity index (χ1v) is 8.43. The van der Waals surface area contributed by atoms with E-state index in [1.807, 2.05) is 22.6 Å². The lowest BCUT2D eigenvalue weighted by atomic mass is 10.2. The number of carbonyl (C=O) groups is 1. The van der Waals surface area contributed by atoms with Crippen LogP contribution >= 0.6 is 0 Å². The molecule has 1 aliphatic rings. The number of nitrogens with zero attached hydrogens (tertiary/aromatic N) is 3. The fourth-order valence-electron chi connectivity index (χ4n) is 3.09. The largest absolute Gasteiger partial charge is 0.363 e. The second kappa shape index (κ2) is 6.72. The zero-order chi connectivity index (χ0) is 18.1. The minimum absolute atomic E-state index is 0.160. The molecule has 0 bridgehead atoms. The topological polar surface area (TPSA) is 83.4 Å². The summed E-state index contributed by atoms with van der Waals surface area (Å²) in [6.45, 7) is 0.934. The molecule has 0 radical (unpaired) electrons. The fourth-order valence-corrected chi connectivity index (χ4v) is 3.09. The Morgan fingerprint density at radius 3 is 3.00 bits per heavy atom. The number of hydrogen-bond acceptors (Lipinski definition) is 5. The number of pyridine rings is 2. The lowest BCUT2D eigenvalue weighted by Gasteiger charge is -2.15. The minimum Gasteiger partial charge on any atom is -0.363 e. The van der Waals surface area contributed by atoms with E-state index in [0.29, 0.717) is 30.1 Å². The number of carbonyl (C=O) groups excluding carboxylic acids is 1. The number of anilines is 1. The van der Waals surface area contributed by atoms with E-state index in [1.165, 1.54) is 0 Å². The zero-order valence-corrected chi connectivity index (χ0v) is 14.2. The number of amides is 1. The second-order valence-corrected chi connectivity index (χ2v) is 6.20. The number of fused-ring (bicyclic) bond motifs is 1. The van der Waals surface area contributed by atoms with E-state index in [9.17, 15) is 9.18 Å². The van der Waals surface area contributed by atoms with Crippen molar-refractivity contribution < 1.29 is 9.18 Å². The molecule has 134 valence electrons. The van der Waals surface area contributed by atoms with E-state index in [-0.39, 0.29) is 11.9 Å². The van der Waals surface area contributed by atoms with Crippen LogP contribution in [0.15, 0.2) is 42.7 Å². The molecular formula is C18H19FN6O. The molecule has 1 saturated heterocycles. The van der Waals surface area contributed by atoms with Gasteiger partial charge in [0.15, 0.2) is 0 Å². The van der Waals surface area contributed by atoms with Crippen LogP contribution in [0.1, 0.15) is 10.4 Å². The van der Waals surface area contributed by atoms with Crippen LogP contribution in [0.2, 0.25) is 0 Å². The van der Waals surface area contributed by atoms with Gasteiger partial charge in [-0.3, -0.25) is 9.20 Å². The highest BCUT2D eigenvalue weighted by Crippen LogP contribution is 2.22. The third-order valence-electron chi connectivity index (χ3n) is 4.49. The quantitative estimate of drug-likeness (QED) is 0.661. The van der Waals surface area contributed by atoms with Crippen molar-refractivity contribution in [2.75, 3.05) is 25.5 Å². The van der Waals surface area contributed by atoms with Crippen LogP contribution in [-0.4, -0.2) is 52.6 Å². The molecule has 0 spiro atoms. The van der Waals surface area contributed by atoms with E-state index in [2.05, 4.69) is 25.9 Å². The third-order valence-corrected chi connectivity index (χ3v) is 4.49. The molecule has 1 amide bonds. The molecule has 1 aliphatic heterocycles. The molecule has 7 nitrogen and oxygen atoms in total. The summed E-state index contributed by atoms with van der Waals surface area (Å²) < 4.78 is 15.7. The van der Waals surface area contributed by atoms with Gasteiger partial charge < -0.3 is 16.0 Å². The summed E-state index contributed by atoms with van der Waals surface area (Å²) in [4.78, 5) is 20.7. The van der Waals surface area contributed by atoms with E-state index in [0.717, 1.165) is 11.4 Å². The predicted octanol–water partition coefficient (Wildman–Crippen LogP) is 1.48. The maximum atomic E-state index is 13.8. The SMILES string of the molecule is CNC(=O)c1ccn2c(-c3cccc(N[C@H]4CNCC4F)n3)cnc2c1. The smallest absolute Gasteiger partial charge is 0.251 e. The van der Waals surface area contributed by atoms with E-state index < -0.39 is 6.17 Å². The molecule has 1 fully saturated rings. The number of alkyl halides is 1. The van der Waals surface area contributed by atoms with Crippen LogP contribution in [0.3, 0.4) is 0 Å². The Labute approximate surface area is 149 Å². The Morgan fingerprint density at radius 1 is 1.35 bits per heavy atom. The highest BCUT2D eigenvalue weighted by molar-refractivity contribution is 5.94.